The molecule has 0 radical (unpaired) electrons. The number of anilines is 2. The molecule has 4 N–H and O–H groups in total. The van der Waals surface area contributed by atoms with Gasteiger partial charge in [-0.2, -0.15) is 0 Å². The first-order valence-corrected chi connectivity index (χ1v) is 9.65. The van der Waals surface area contributed by atoms with Crippen LogP contribution < -0.4 is 16.0 Å². The average Bonchev–Trinajstić information content (AvgIpc) is 3.36. The van der Waals surface area contributed by atoms with Crippen molar-refractivity contribution in [2.45, 2.75) is 25.7 Å². The van der Waals surface area contributed by atoms with Crippen LogP contribution in [-0.4, -0.2) is 29.9 Å². The Bertz CT molecular complexity index is 1020. The summed E-state index contributed by atoms with van der Waals surface area (Å²) in [7, 11) is 0. The maximum absolute atomic E-state index is 12.6. The number of fused-ring (bicyclic) bond motifs is 1. The van der Waals surface area contributed by atoms with E-state index in [1.54, 1.807) is 12.1 Å². The molecule has 0 aliphatic carbocycles. The Labute approximate surface area is 163 Å². The van der Waals surface area contributed by atoms with Gasteiger partial charge in [0.15, 0.2) is 0 Å². The molecule has 3 aromatic rings. The molecule has 0 saturated carbocycles. The first-order valence-electron chi connectivity index (χ1n) is 9.65. The highest BCUT2D eigenvalue weighted by Crippen LogP contribution is 2.30. The number of carbonyl (C=O) groups is 2. The van der Waals surface area contributed by atoms with E-state index in [9.17, 15) is 9.59 Å². The van der Waals surface area contributed by atoms with Crippen molar-refractivity contribution < 1.29 is 9.59 Å². The number of H-pyrrole nitrogens is 1. The van der Waals surface area contributed by atoms with Gasteiger partial charge in [0.25, 0.3) is 0 Å². The zero-order chi connectivity index (χ0) is 19.5. The molecule has 1 fully saturated rings. The second kappa shape index (κ2) is 7.76. The molecular weight excluding hydrogens is 352 g/mol. The SMILES string of the molecule is NC(=O)c1ccc(N2CCCC2)c(NC(=O)CCc2c[nH]c3ccccc23)c1. The van der Waals surface area contributed by atoms with E-state index in [0.29, 0.717) is 24.1 Å². The predicted octanol–water partition coefficient (Wildman–Crippen LogP) is 3.44. The Balaban J connectivity index is 1.49. The number of para-hydroxylation sites is 1. The summed E-state index contributed by atoms with van der Waals surface area (Å²) in [6.45, 7) is 1.91. The number of rotatable bonds is 6. The standard InChI is InChI=1S/C22H24N4O2/c23-22(28)15-7-9-20(26-11-3-4-12-26)19(13-15)25-21(27)10-8-16-14-24-18-6-2-1-5-17(16)18/h1-2,5-7,9,13-14,24H,3-4,8,10-12H2,(H2,23,28)(H,25,27). The van der Waals surface area contributed by atoms with Crippen molar-refractivity contribution in [1.82, 2.24) is 4.98 Å². The summed E-state index contributed by atoms with van der Waals surface area (Å²) < 4.78 is 0. The van der Waals surface area contributed by atoms with Gasteiger partial charge < -0.3 is 20.9 Å². The molecule has 2 aromatic carbocycles. The number of primary amides is 1. The summed E-state index contributed by atoms with van der Waals surface area (Å²) in [4.78, 5) is 29.7. The molecule has 0 spiro atoms. The maximum atomic E-state index is 12.6. The molecule has 144 valence electrons. The van der Waals surface area contributed by atoms with E-state index in [1.165, 1.54) is 0 Å². The normalized spacial score (nSPS) is 13.8. The molecule has 0 bridgehead atoms. The fourth-order valence-electron chi connectivity index (χ4n) is 3.82. The monoisotopic (exact) mass is 376 g/mol. The number of amides is 2. The summed E-state index contributed by atoms with van der Waals surface area (Å²) >= 11 is 0. The van der Waals surface area contributed by atoms with Crippen molar-refractivity contribution >= 4 is 34.1 Å². The summed E-state index contributed by atoms with van der Waals surface area (Å²) in [5, 5.41) is 4.14. The number of aromatic nitrogens is 1. The second-order valence-electron chi connectivity index (χ2n) is 7.20. The van der Waals surface area contributed by atoms with E-state index < -0.39 is 5.91 Å². The largest absolute Gasteiger partial charge is 0.370 e. The predicted molar refractivity (Wildman–Crippen MR) is 112 cm³/mol. The van der Waals surface area contributed by atoms with E-state index >= 15 is 0 Å². The lowest BCUT2D eigenvalue weighted by Gasteiger charge is -2.22. The molecule has 0 unspecified atom stereocenters. The lowest BCUT2D eigenvalue weighted by atomic mass is 10.1. The molecule has 1 aliphatic heterocycles. The third-order valence-corrected chi connectivity index (χ3v) is 5.30. The topological polar surface area (TPSA) is 91.2 Å². The van der Waals surface area contributed by atoms with Crippen LogP contribution in [-0.2, 0) is 11.2 Å². The van der Waals surface area contributed by atoms with Crippen LogP contribution >= 0.6 is 0 Å². The van der Waals surface area contributed by atoms with Crippen molar-refractivity contribution in [3.63, 3.8) is 0 Å². The summed E-state index contributed by atoms with van der Waals surface area (Å²) in [6.07, 6.45) is 5.23. The quantitative estimate of drug-likeness (QED) is 0.615. The van der Waals surface area contributed by atoms with Crippen LogP contribution in [0.2, 0.25) is 0 Å². The Morgan fingerprint density at radius 3 is 2.68 bits per heavy atom. The van der Waals surface area contributed by atoms with Gasteiger partial charge in [0.1, 0.15) is 0 Å². The Morgan fingerprint density at radius 2 is 1.89 bits per heavy atom. The molecule has 2 amide bonds. The number of aryl methyl sites for hydroxylation is 1. The van der Waals surface area contributed by atoms with Gasteiger partial charge in [0.2, 0.25) is 11.8 Å². The fourth-order valence-corrected chi connectivity index (χ4v) is 3.82. The minimum atomic E-state index is -0.498. The Morgan fingerprint density at radius 1 is 1.11 bits per heavy atom. The van der Waals surface area contributed by atoms with Crippen LogP contribution in [0.5, 0.6) is 0 Å². The van der Waals surface area contributed by atoms with Crippen molar-refractivity contribution in [2.24, 2.45) is 5.73 Å². The fraction of sp³-hybridized carbons (Fsp3) is 0.273. The molecular formula is C22H24N4O2. The van der Waals surface area contributed by atoms with Crippen molar-refractivity contribution in [3.8, 4) is 0 Å². The molecule has 6 nitrogen and oxygen atoms in total. The zero-order valence-electron chi connectivity index (χ0n) is 15.7. The molecule has 1 saturated heterocycles. The first-order chi connectivity index (χ1) is 13.6. The minimum Gasteiger partial charge on any atom is -0.370 e. The van der Waals surface area contributed by atoms with Gasteiger partial charge in [-0.1, -0.05) is 18.2 Å². The number of nitrogens with zero attached hydrogens (tertiary/aromatic N) is 1. The van der Waals surface area contributed by atoms with Gasteiger partial charge in [-0.05, 0) is 49.1 Å². The van der Waals surface area contributed by atoms with E-state index in [1.807, 2.05) is 30.5 Å². The van der Waals surface area contributed by atoms with Gasteiger partial charge in [-0.15, -0.1) is 0 Å². The van der Waals surface area contributed by atoms with Crippen molar-refractivity contribution in [1.29, 1.82) is 0 Å². The van der Waals surface area contributed by atoms with Crippen LogP contribution in [0.15, 0.2) is 48.7 Å². The van der Waals surface area contributed by atoms with Gasteiger partial charge in [0.05, 0.1) is 11.4 Å². The average molecular weight is 376 g/mol. The number of nitrogens with one attached hydrogen (secondary N) is 2. The lowest BCUT2D eigenvalue weighted by molar-refractivity contribution is -0.116. The van der Waals surface area contributed by atoms with Crippen molar-refractivity contribution in [3.05, 3.63) is 59.8 Å². The molecule has 0 atom stereocenters. The smallest absolute Gasteiger partial charge is 0.248 e. The van der Waals surface area contributed by atoms with Crippen LogP contribution in [0.1, 0.15) is 35.2 Å². The Kier molecular flexibility index (Phi) is 5.02. The first kappa shape index (κ1) is 18.1. The highest BCUT2D eigenvalue weighted by atomic mass is 16.2. The molecule has 4 rings (SSSR count). The van der Waals surface area contributed by atoms with Crippen LogP contribution in [0.3, 0.4) is 0 Å². The van der Waals surface area contributed by atoms with Gasteiger partial charge >= 0.3 is 0 Å². The number of carbonyl (C=O) groups excluding carboxylic acids is 2. The third kappa shape index (κ3) is 3.71. The number of nitrogens with two attached hydrogens (primary N) is 1. The summed E-state index contributed by atoms with van der Waals surface area (Å²) in [6, 6.07) is 13.3. The van der Waals surface area contributed by atoms with Gasteiger partial charge in [0, 0.05) is 42.2 Å². The third-order valence-electron chi connectivity index (χ3n) is 5.30. The molecule has 1 aromatic heterocycles. The van der Waals surface area contributed by atoms with Crippen LogP contribution in [0.25, 0.3) is 10.9 Å². The summed E-state index contributed by atoms with van der Waals surface area (Å²) in [5.41, 5.74) is 9.62. The maximum Gasteiger partial charge on any atom is 0.248 e. The van der Waals surface area contributed by atoms with Gasteiger partial charge in [-0.25, -0.2) is 0 Å². The molecule has 1 aliphatic rings. The summed E-state index contributed by atoms with van der Waals surface area (Å²) in [5.74, 6) is -0.574. The zero-order valence-corrected chi connectivity index (χ0v) is 15.7. The van der Waals surface area contributed by atoms with Crippen LogP contribution in [0.4, 0.5) is 11.4 Å². The molecule has 28 heavy (non-hydrogen) atoms. The number of hydrogen-bond donors (Lipinski definition) is 3. The van der Waals surface area contributed by atoms with E-state index in [4.69, 9.17) is 5.73 Å². The van der Waals surface area contributed by atoms with Crippen molar-refractivity contribution in [2.75, 3.05) is 23.3 Å². The highest BCUT2D eigenvalue weighted by Gasteiger charge is 2.18. The number of aromatic amines is 1. The van der Waals surface area contributed by atoms with E-state index in [-0.39, 0.29) is 5.91 Å². The Hall–Kier alpha value is -3.28. The van der Waals surface area contributed by atoms with Crippen LogP contribution in [0, 0.1) is 0 Å². The number of benzene rings is 2. The molecule has 6 heteroatoms. The van der Waals surface area contributed by atoms with Gasteiger partial charge in [-0.3, -0.25) is 9.59 Å². The molecule has 2 heterocycles. The minimum absolute atomic E-state index is 0.0765. The lowest BCUT2D eigenvalue weighted by Crippen LogP contribution is -2.22. The van der Waals surface area contributed by atoms with E-state index in [2.05, 4.69) is 21.3 Å². The van der Waals surface area contributed by atoms with E-state index in [0.717, 1.165) is 48.1 Å². The number of hydrogen-bond acceptors (Lipinski definition) is 3. The second-order valence-corrected chi connectivity index (χ2v) is 7.20. The highest BCUT2D eigenvalue weighted by molar-refractivity contribution is 5.99.